The number of urea groups is 1. The zero-order chi connectivity index (χ0) is 25.6. The van der Waals surface area contributed by atoms with Crippen molar-refractivity contribution in [1.82, 2.24) is 9.97 Å². The van der Waals surface area contributed by atoms with Crippen LogP contribution in [0, 0.1) is 5.82 Å². The molecular weight excluding hydrogens is 518 g/mol. The van der Waals surface area contributed by atoms with Crippen LogP contribution in [0.2, 0.25) is 5.02 Å². The third kappa shape index (κ3) is 5.07. The molecule has 1 aliphatic rings. The van der Waals surface area contributed by atoms with E-state index in [0.717, 1.165) is 40.3 Å². The monoisotopic (exact) mass is 535 g/mol. The lowest BCUT2D eigenvalue weighted by atomic mass is 10.2. The van der Waals surface area contributed by atoms with E-state index in [1.165, 1.54) is 12.1 Å². The summed E-state index contributed by atoms with van der Waals surface area (Å²) in [6.45, 7) is 0. The molecule has 1 fully saturated rings. The predicted molar refractivity (Wildman–Crippen MR) is 133 cm³/mol. The number of fused-ring (bicyclic) bond motifs is 1. The summed E-state index contributed by atoms with van der Waals surface area (Å²) in [7, 11) is 1.76. The fraction of sp³-hybridized carbons (Fsp3) is 0.208. The summed E-state index contributed by atoms with van der Waals surface area (Å²) in [5.74, 6) is 0.451. The lowest BCUT2D eigenvalue weighted by molar-refractivity contribution is -0.137. The van der Waals surface area contributed by atoms with E-state index in [0.29, 0.717) is 23.5 Å². The lowest BCUT2D eigenvalue weighted by Crippen LogP contribution is -2.21. The molecule has 2 N–H and O–H groups in total. The van der Waals surface area contributed by atoms with Crippen molar-refractivity contribution in [3.63, 3.8) is 0 Å². The maximum absolute atomic E-state index is 14.5. The fourth-order valence-corrected chi connectivity index (χ4v) is 4.86. The molecule has 0 atom stereocenters. The zero-order valence-corrected chi connectivity index (χ0v) is 20.2. The third-order valence-corrected chi connectivity index (χ3v) is 7.10. The maximum atomic E-state index is 14.5. The first-order valence-electron chi connectivity index (χ1n) is 10.8. The highest BCUT2D eigenvalue weighted by Crippen LogP contribution is 2.43. The van der Waals surface area contributed by atoms with Crippen molar-refractivity contribution in [1.29, 1.82) is 0 Å². The number of thiazole rings is 1. The number of anilines is 4. The van der Waals surface area contributed by atoms with Crippen molar-refractivity contribution < 1.29 is 22.4 Å². The number of hydrogen-bond acceptors (Lipinski definition) is 5. The number of rotatable bonds is 5. The van der Waals surface area contributed by atoms with Gasteiger partial charge in [0.25, 0.3) is 0 Å². The SMILES string of the molecule is CN(c1ccc(F)c(NC(=O)Nc2ccc(C(F)(F)F)cc2Cl)c1)c1ccc2nc(C3CC3)sc2n1. The van der Waals surface area contributed by atoms with Crippen LogP contribution in [0.15, 0.2) is 48.5 Å². The summed E-state index contributed by atoms with van der Waals surface area (Å²) in [6.07, 6.45) is -2.27. The number of alkyl halides is 3. The number of nitrogens with zero attached hydrogens (tertiary/aromatic N) is 3. The van der Waals surface area contributed by atoms with E-state index in [1.54, 1.807) is 29.4 Å². The maximum Gasteiger partial charge on any atom is 0.416 e. The number of benzene rings is 2. The summed E-state index contributed by atoms with van der Waals surface area (Å²) in [4.78, 5) is 24.3. The normalized spacial score (nSPS) is 13.6. The van der Waals surface area contributed by atoms with Crippen molar-refractivity contribution in [3.05, 3.63) is 69.9 Å². The molecule has 0 saturated heterocycles. The Morgan fingerprint density at radius 2 is 1.81 bits per heavy atom. The standard InChI is InChI=1S/C24H18ClF4N5OS/c1-34(20-9-8-18-22(33-20)36-21(30-18)12-2-3-12)14-5-6-16(26)19(11-14)32-23(35)31-17-7-4-13(10-15(17)25)24(27,28)29/h4-12H,2-3H2,1H3,(H2,31,32,35). The van der Waals surface area contributed by atoms with Crippen molar-refractivity contribution in [2.45, 2.75) is 24.9 Å². The number of carbonyl (C=O) groups excluding carboxylic acids is 1. The van der Waals surface area contributed by atoms with Gasteiger partial charge in [0.15, 0.2) is 0 Å². The summed E-state index contributed by atoms with van der Waals surface area (Å²) >= 11 is 7.44. The Kier molecular flexibility index (Phi) is 6.21. The summed E-state index contributed by atoms with van der Waals surface area (Å²) in [6, 6.07) is 9.52. The van der Waals surface area contributed by atoms with Gasteiger partial charge in [-0.15, -0.1) is 0 Å². The van der Waals surface area contributed by atoms with Gasteiger partial charge in [-0.1, -0.05) is 22.9 Å². The second-order valence-corrected chi connectivity index (χ2v) is 9.73. The number of carbonyl (C=O) groups is 1. The molecule has 2 heterocycles. The fourth-order valence-electron chi connectivity index (χ4n) is 3.53. The minimum absolute atomic E-state index is 0.0523. The number of hydrogen-bond donors (Lipinski definition) is 2. The van der Waals surface area contributed by atoms with E-state index in [4.69, 9.17) is 11.6 Å². The number of pyridine rings is 1. The average molecular weight is 536 g/mol. The molecule has 5 rings (SSSR count). The first-order chi connectivity index (χ1) is 17.1. The van der Waals surface area contributed by atoms with Crippen LogP contribution in [-0.4, -0.2) is 23.0 Å². The van der Waals surface area contributed by atoms with Crippen LogP contribution in [0.3, 0.4) is 0 Å². The topological polar surface area (TPSA) is 70.2 Å². The molecule has 6 nitrogen and oxygen atoms in total. The van der Waals surface area contributed by atoms with Crippen LogP contribution < -0.4 is 15.5 Å². The van der Waals surface area contributed by atoms with Gasteiger partial charge in [0, 0.05) is 18.7 Å². The van der Waals surface area contributed by atoms with Crippen LogP contribution >= 0.6 is 22.9 Å². The van der Waals surface area contributed by atoms with Crippen molar-refractivity contribution in [3.8, 4) is 0 Å². The molecule has 12 heteroatoms. The van der Waals surface area contributed by atoms with Crippen molar-refractivity contribution in [2.75, 3.05) is 22.6 Å². The second-order valence-electron chi connectivity index (χ2n) is 8.31. The molecule has 0 radical (unpaired) electrons. The molecule has 186 valence electrons. The Hall–Kier alpha value is -3.44. The quantitative estimate of drug-likeness (QED) is 0.256. The smallest absolute Gasteiger partial charge is 0.329 e. The van der Waals surface area contributed by atoms with Gasteiger partial charge in [-0.05, 0) is 61.4 Å². The van der Waals surface area contributed by atoms with E-state index in [1.807, 2.05) is 12.1 Å². The van der Waals surface area contributed by atoms with Gasteiger partial charge < -0.3 is 15.5 Å². The molecule has 0 spiro atoms. The summed E-state index contributed by atoms with van der Waals surface area (Å²) < 4.78 is 52.9. The number of halogens is 5. The highest BCUT2D eigenvalue weighted by molar-refractivity contribution is 7.18. The molecule has 4 aromatic rings. The van der Waals surface area contributed by atoms with Crippen molar-refractivity contribution >= 4 is 62.2 Å². The minimum atomic E-state index is -4.57. The van der Waals surface area contributed by atoms with E-state index < -0.39 is 23.6 Å². The largest absolute Gasteiger partial charge is 0.416 e. The van der Waals surface area contributed by atoms with Gasteiger partial charge in [0.2, 0.25) is 0 Å². The molecule has 0 unspecified atom stereocenters. The van der Waals surface area contributed by atoms with E-state index >= 15 is 0 Å². The van der Waals surface area contributed by atoms with Crippen LogP contribution in [0.4, 0.5) is 45.2 Å². The lowest BCUT2D eigenvalue weighted by Gasteiger charge is -2.19. The Balaban J connectivity index is 1.32. The molecule has 0 bridgehead atoms. The van der Waals surface area contributed by atoms with Crippen molar-refractivity contribution in [2.24, 2.45) is 0 Å². The Labute approximate surface area is 211 Å². The van der Waals surface area contributed by atoms with Crippen LogP contribution in [0.25, 0.3) is 10.3 Å². The van der Waals surface area contributed by atoms with Crippen LogP contribution in [-0.2, 0) is 6.18 Å². The van der Waals surface area contributed by atoms with Gasteiger partial charge in [-0.2, -0.15) is 13.2 Å². The van der Waals surface area contributed by atoms with Crippen LogP contribution in [0.5, 0.6) is 0 Å². The van der Waals surface area contributed by atoms with Gasteiger partial charge in [0.05, 0.1) is 27.0 Å². The Bertz CT molecular complexity index is 1470. The molecule has 2 amide bonds. The zero-order valence-electron chi connectivity index (χ0n) is 18.7. The molecule has 1 aliphatic carbocycles. The van der Waals surface area contributed by atoms with E-state index in [-0.39, 0.29) is 16.4 Å². The molecule has 2 aromatic carbocycles. The minimum Gasteiger partial charge on any atom is -0.329 e. The molecular formula is C24H18ClF4N5OS. The number of amides is 2. The molecule has 36 heavy (non-hydrogen) atoms. The third-order valence-electron chi connectivity index (χ3n) is 5.66. The molecule has 0 aliphatic heterocycles. The highest BCUT2D eigenvalue weighted by atomic mass is 35.5. The second kappa shape index (κ2) is 9.21. The van der Waals surface area contributed by atoms with Gasteiger partial charge in [-0.3, -0.25) is 0 Å². The first kappa shape index (κ1) is 24.3. The van der Waals surface area contributed by atoms with E-state index in [2.05, 4.69) is 20.6 Å². The number of nitrogens with one attached hydrogen (secondary N) is 2. The van der Waals surface area contributed by atoms with E-state index in [9.17, 15) is 22.4 Å². The van der Waals surface area contributed by atoms with Crippen LogP contribution in [0.1, 0.15) is 29.3 Å². The average Bonchev–Trinajstić information content (AvgIpc) is 3.59. The summed E-state index contributed by atoms with van der Waals surface area (Å²) in [5, 5.41) is 5.49. The predicted octanol–water partition coefficient (Wildman–Crippen LogP) is 7.79. The Morgan fingerprint density at radius 1 is 1.06 bits per heavy atom. The Morgan fingerprint density at radius 3 is 2.50 bits per heavy atom. The summed E-state index contributed by atoms with van der Waals surface area (Å²) in [5.41, 5.74) is 0.254. The number of aromatic nitrogens is 2. The first-order valence-corrected chi connectivity index (χ1v) is 12.0. The molecule has 1 saturated carbocycles. The van der Waals surface area contributed by atoms with Gasteiger partial charge >= 0.3 is 12.2 Å². The van der Waals surface area contributed by atoms with Gasteiger partial charge in [-0.25, -0.2) is 19.2 Å². The highest BCUT2D eigenvalue weighted by Gasteiger charge is 2.31. The van der Waals surface area contributed by atoms with Gasteiger partial charge in [0.1, 0.15) is 22.0 Å². The molecule has 2 aromatic heterocycles.